The van der Waals surface area contributed by atoms with Gasteiger partial charge in [0.25, 0.3) is 10.0 Å². The van der Waals surface area contributed by atoms with E-state index < -0.39 is 50.3 Å². The molecular formula is C41H49IN8O11S2. The van der Waals surface area contributed by atoms with Crippen molar-refractivity contribution in [2.45, 2.75) is 46.0 Å². The number of amides is 2. The summed E-state index contributed by atoms with van der Waals surface area (Å²) in [4.78, 5) is 25.8. The van der Waals surface area contributed by atoms with Crippen molar-refractivity contribution >= 4 is 60.7 Å². The van der Waals surface area contributed by atoms with Gasteiger partial charge in [-0.25, -0.2) is 18.0 Å². The number of alkyl carbamates (subject to hydrolysis) is 2. The number of carbonyl (C=O) groups excluding carboxylic acids is 2. The summed E-state index contributed by atoms with van der Waals surface area (Å²) in [7, 11) is -5.27. The Kier molecular flexibility index (Phi) is 16.5. The van der Waals surface area contributed by atoms with Gasteiger partial charge in [0, 0.05) is 28.8 Å². The number of anilines is 1. The summed E-state index contributed by atoms with van der Waals surface area (Å²) in [6.07, 6.45) is -1.70. The highest BCUT2D eigenvalue weighted by atomic mass is 127. The molecule has 0 unspecified atom stereocenters. The van der Waals surface area contributed by atoms with Crippen LogP contribution in [0, 0.1) is 3.57 Å². The van der Waals surface area contributed by atoms with Gasteiger partial charge in [0.15, 0.2) is 0 Å². The van der Waals surface area contributed by atoms with Gasteiger partial charge >= 0.3 is 22.4 Å². The lowest BCUT2D eigenvalue weighted by Gasteiger charge is -2.31. The summed E-state index contributed by atoms with van der Waals surface area (Å²) in [5.41, 5.74) is 1.27. The van der Waals surface area contributed by atoms with Crippen LogP contribution in [0.25, 0.3) is 11.4 Å². The molecule has 338 valence electrons. The molecule has 0 radical (unpaired) electrons. The number of hydrogen-bond donors (Lipinski definition) is 2. The summed E-state index contributed by atoms with van der Waals surface area (Å²) < 4.78 is 87.4. The van der Waals surface area contributed by atoms with Crippen molar-refractivity contribution in [3.63, 3.8) is 0 Å². The van der Waals surface area contributed by atoms with Crippen molar-refractivity contribution in [1.29, 1.82) is 0 Å². The summed E-state index contributed by atoms with van der Waals surface area (Å²) >= 11 is 2.02. The second-order valence-corrected chi connectivity index (χ2v) is 19.7. The molecule has 63 heavy (non-hydrogen) atoms. The Bertz CT molecular complexity index is 2490. The van der Waals surface area contributed by atoms with Crippen LogP contribution < -0.4 is 28.6 Å². The number of hydrogen-bond acceptors (Lipinski definition) is 14. The largest absolute Gasteiger partial charge is 0.497 e. The second kappa shape index (κ2) is 21.6. The topological polar surface area (TPSA) is 223 Å². The van der Waals surface area contributed by atoms with Gasteiger partial charge in [0.2, 0.25) is 5.82 Å². The minimum Gasteiger partial charge on any atom is -0.497 e. The fourth-order valence-electron chi connectivity index (χ4n) is 5.77. The summed E-state index contributed by atoms with van der Waals surface area (Å²) in [5, 5.41) is 17.7. The third-order valence-electron chi connectivity index (χ3n) is 8.79. The Balaban J connectivity index is 1.47. The van der Waals surface area contributed by atoms with Gasteiger partial charge in [0.1, 0.15) is 29.5 Å². The molecule has 0 saturated heterocycles. The van der Waals surface area contributed by atoms with E-state index in [1.165, 1.54) is 31.1 Å². The smallest absolute Gasteiger partial charge is 0.407 e. The number of carbonyl (C=O) groups is 2. The van der Waals surface area contributed by atoms with Crippen molar-refractivity contribution in [3.8, 4) is 28.6 Å². The van der Waals surface area contributed by atoms with E-state index in [1.807, 2.05) is 34.7 Å². The molecular weight excluding hydrogens is 972 g/mol. The van der Waals surface area contributed by atoms with Gasteiger partial charge < -0.3 is 34.3 Å². The number of sulfonamides is 1. The summed E-state index contributed by atoms with van der Waals surface area (Å²) in [6, 6.07) is 24.9. The maximum Gasteiger partial charge on any atom is 0.407 e. The normalized spacial score (nSPS) is 11.7. The SMILES string of the molecule is COc1ccc(CN(Cc2ccc(OC)cc2)S(=O)(=O)N(c2ccc(I)c(-c3nnn(Cc4ccc(OC)cc4)n3)c2)S(=O)(=O)CCNC(=O)OCCNC(=O)OC(C)(C)C)cc1. The molecule has 0 fully saturated rings. The zero-order chi connectivity index (χ0) is 45.8. The molecule has 4 aromatic carbocycles. The van der Waals surface area contributed by atoms with Gasteiger partial charge in [-0.05, 0) is 120 Å². The Hall–Kier alpha value is -5.72. The third-order valence-corrected chi connectivity index (χ3v) is 14.0. The van der Waals surface area contributed by atoms with E-state index >= 15 is 8.42 Å². The van der Waals surface area contributed by atoms with Crippen molar-refractivity contribution < 1.29 is 50.1 Å². The molecule has 0 saturated carbocycles. The molecule has 0 aliphatic carbocycles. The Morgan fingerprint density at radius 2 is 1.25 bits per heavy atom. The first kappa shape index (κ1) is 48.3. The standard InChI is InChI=1S/C41H49IN8O11S2/c1-41(2,3)61-40(52)43-21-23-60-39(51)44-22-24-62(53,54)50(32-13-20-37(42)36(25-32)38-45-47-49(46-38)28-31-11-18-35(59-6)19-12-31)63(55,56)48(26-29-7-14-33(57-4)15-8-29)27-30-9-16-34(58-5)17-10-30/h7-20,25H,21-24,26-28H2,1-6H3,(H,43,52)(H,44,51). The number of tetrazole rings is 1. The first-order valence-corrected chi connectivity index (χ1v) is 23.4. The number of nitrogens with one attached hydrogen (secondary N) is 2. The average molecular weight is 1020 g/mol. The number of benzene rings is 4. The van der Waals surface area contributed by atoms with E-state index in [4.69, 9.17) is 23.7 Å². The third kappa shape index (κ3) is 13.9. The summed E-state index contributed by atoms with van der Waals surface area (Å²) in [5.74, 6) is 1.01. The van der Waals surface area contributed by atoms with Crippen LogP contribution in [-0.4, -0.2) is 106 Å². The summed E-state index contributed by atoms with van der Waals surface area (Å²) in [6.45, 7) is 3.98. The van der Waals surface area contributed by atoms with Gasteiger partial charge in [0.05, 0.1) is 45.9 Å². The Labute approximate surface area is 380 Å². The highest BCUT2D eigenvalue weighted by molar-refractivity contribution is 14.1. The Morgan fingerprint density at radius 3 is 1.78 bits per heavy atom. The lowest BCUT2D eigenvalue weighted by atomic mass is 10.2. The van der Waals surface area contributed by atoms with Gasteiger partial charge in [-0.15, -0.1) is 10.2 Å². The second-order valence-electron chi connectivity index (χ2n) is 14.6. The van der Waals surface area contributed by atoms with Crippen LogP contribution >= 0.6 is 22.6 Å². The van der Waals surface area contributed by atoms with Crippen molar-refractivity contribution in [2.24, 2.45) is 0 Å². The van der Waals surface area contributed by atoms with Crippen LogP contribution in [-0.2, 0) is 49.3 Å². The van der Waals surface area contributed by atoms with E-state index in [9.17, 15) is 18.0 Å². The molecule has 0 aliphatic rings. The van der Waals surface area contributed by atoms with Crippen molar-refractivity contribution in [3.05, 3.63) is 111 Å². The maximum atomic E-state index is 15.1. The molecule has 2 N–H and O–H groups in total. The van der Waals surface area contributed by atoms with Gasteiger partial charge in [-0.2, -0.15) is 21.2 Å². The minimum absolute atomic E-state index is 0.0792. The van der Waals surface area contributed by atoms with Crippen molar-refractivity contribution in [1.82, 2.24) is 35.1 Å². The fraction of sp³-hybridized carbons (Fsp3) is 0.341. The lowest BCUT2D eigenvalue weighted by Crippen LogP contribution is -2.48. The van der Waals surface area contributed by atoms with Crippen LogP contribution in [0.5, 0.6) is 17.2 Å². The van der Waals surface area contributed by atoms with Crippen LogP contribution in [0.3, 0.4) is 0 Å². The zero-order valence-electron chi connectivity index (χ0n) is 35.5. The zero-order valence-corrected chi connectivity index (χ0v) is 39.3. The lowest BCUT2D eigenvalue weighted by molar-refractivity contribution is 0.0511. The first-order chi connectivity index (χ1) is 29.9. The molecule has 1 aromatic heterocycles. The highest BCUT2D eigenvalue weighted by Crippen LogP contribution is 2.33. The molecule has 0 bridgehead atoms. The number of methoxy groups -OCH3 is 3. The molecule has 5 aromatic rings. The number of ether oxygens (including phenoxy) is 5. The van der Waals surface area contributed by atoms with E-state index in [2.05, 4.69) is 26.0 Å². The van der Waals surface area contributed by atoms with Gasteiger partial charge in [-0.3, -0.25) is 0 Å². The van der Waals surface area contributed by atoms with E-state index in [1.54, 1.807) is 94.6 Å². The Morgan fingerprint density at radius 1 is 0.730 bits per heavy atom. The van der Waals surface area contributed by atoms with Crippen LogP contribution in [0.4, 0.5) is 15.3 Å². The predicted molar refractivity (Wildman–Crippen MR) is 242 cm³/mol. The molecule has 5 rings (SSSR count). The molecule has 0 aliphatic heterocycles. The molecule has 22 heteroatoms. The van der Waals surface area contributed by atoms with Crippen LogP contribution in [0.2, 0.25) is 0 Å². The van der Waals surface area contributed by atoms with E-state index in [0.717, 1.165) is 9.87 Å². The molecule has 2 amide bonds. The quantitative estimate of drug-likeness (QED) is 0.0741. The monoisotopic (exact) mass is 1020 g/mol. The fourth-order valence-corrected chi connectivity index (χ4v) is 10.2. The van der Waals surface area contributed by atoms with E-state index in [-0.39, 0.29) is 44.3 Å². The number of halogens is 1. The minimum atomic E-state index is -5.00. The highest BCUT2D eigenvalue weighted by Gasteiger charge is 2.39. The number of nitrogens with zero attached hydrogens (tertiary/aromatic N) is 6. The van der Waals surface area contributed by atoms with Crippen LogP contribution in [0.1, 0.15) is 37.5 Å². The van der Waals surface area contributed by atoms with E-state index in [0.29, 0.717) is 41.2 Å². The molecule has 0 spiro atoms. The molecule has 1 heterocycles. The maximum absolute atomic E-state index is 15.1. The molecule has 19 nitrogen and oxygen atoms in total. The first-order valence-electron chi connectivity index (χ1n) is 19.3. The van der Waals surface area contributed by atoms with Crippen molar-refractivity contribution in [2.75, 3.05) is 50.5 Å². The molecule has 0 atom stereocenters. The number of rotatable bonds is 20. The van der Waals surface area contributed by atoms with Gasteiger partial charge in [-0.1, -0.05) is 36.4 Å². The average Bonchev–Trinajstić information content (AvgIpc) is 3.70. The number of aromatic nitrogens is 4. The van der Waals surface area contributed by atoms with Crippen LogP contribution in [0.15, 0.2) is 91.0 Å². The predicted octanol–water partition coefficient (Wildman–Crippen LogP) is 5.35.